The molecule has 0 saturated carbocycles. The normalized spacial score (nSPS) is 10.4. The van der Waals surface area contributed by atoms with E-state index in [9.17, 15) is 19.2 Å². The molecule has 0 radical (unpaired) electrons. The van der Waals surface area contributed by atoms with Crippen molar-refractivity contribution in [3.05, 3.63) is 119 Å². The number of benzene rings is 4. The molecule has 0 aliphatic carbocycles. The first-order valence-corrected chi connectivity index (χ1v) is 11.1. The molecule has 0 aliphatic heterocycles. The molecule has 0 aromatic heterocycles. The molecule has 4 aromatic carbocycles. The summed E-state index contributed by atoms with van der Waals surface area (Å²) in [6.07, 6.45) is 0. The average Bonchev–Trinajstić information content (AvgIpc) is 2.96. The number of hydrogen-bond donors (Lipinski definition) is 0. The van der Waals surface area contributed by atoms with Crippen LogP contribution in [0.5, 0.6) is 11.5 Å². The van der Waals surface area contributed by atoms with E-state index in [4.69, 9.17) is 9.47 Å². The molecule has 0 heterocycles. The third kappa shape index (κ3) is 5.13. The molecule has 0 fully saturated rings. The van der Waals surface area contributed by atoms with Crippen molar-refractivity contribution in [1.29, 1.82) is 0 Å². The number of ether oxygens (including phenoxy) is 2. The maximum Gasteiger partial charge on any atom is 0.233 e. The second-order valence-corrected chi connectivity index (χ2v) is 7.93. The number of ketones is 4. The topological polar surface area (TPSA) is 86.7 Å². The van der Waals surface area contributed by atoms with Gasteiger partial charge in [-0.3, -0.25) is 19.2 Å². The molecule has 6 heteroatoms. The fraction of sp³-hybridized carbons (Fsp3) is 0.0667. The van der Waals surface area contributed by atoms with E-state index in [2.05, 4.69) is 0 Å². The Kier molecular flexibility index (Phi) is 7.16. The van der Waals surface area contributed by atoms with Crippen molar-refractivity contribution < 1.29 is 28.7 Å². The zero-order chi connectivity index (χ0) is 25.7. The van der Waals surface area contributed by atoms with Crippen LogP contribution in [0.25, 0.3) is 11.1 Å². The Bertz CT molecular complexity index is 1300. The second kappa shape index (κ2) is 10.6. The lowest BCUT2D eigenvalue weighted by molar-refractivity contribution is 0.0817. The van der Waals surface area contributed by atoms with Gasteiger partial charge in [-0.1, -0.05) is 48.5 Å². The van der Waals surface area contributed by atoms with E-state index in [1.54, 1.807) is 97.1 Å². The highest BCUT2D eigenvalue weighted by Crippen LogP contribution is 2.22. The minimum absolute atomic E-state index is 0.274. The minimum Gasteiger partial charge on any atom is -0.497 e. The van der Waals surface area contributed by atoms with E-state index in [1.807, 2.05) is 0 Å². The quantitative estimate of drug-likeness (QED) is 0.233. The number of methoxy groups -OCH3 is 2. The standard InChI is InChI=1S/C30H22O6/c1-35-25-15-11-23(12-16-25)29(33)27(31)21-7-3-19(4-8-21)20-5-9-22(10-6-20)28(32)30(34)24-13-17-26(36-2)18-14-24/h3-18H,1-2H3. The Morgan fingerprint density at radius 1 is 0.389 bits per heavy atom. The van der Waals surface area contributed by atoms with Crippen LogP contribution in [0.4, 0.5) is 0 Å². The van der Waals surface area contributed by atoms with Crippen molar-refractivity contribution in [3.63, 3.8) is 0 Å². The number of carbonyl (C=O) groups is 4. The zero-order valence-electron chi connectivity index (χ0n) is 19.7. The van der Waals surface area contributed by atoms with Crippen LogP contribution < -0.4 is 9.47 Å². The van der Waals surface area contributed by atoms with Crippen LogP contribution >= 0.6 is 0 Å². The van der Waals surface area contributed by atoms with Gasteiger partial charge in [0.15, 0.2) is 0 Å². The van der Waals surface area contributed by atoms with Gasteiger partial charge in [-0.25, -0.2) is 0 Å². The predicted octanol–water partition coefficient (Wildman–Crippen LogP) is 5.50. The van der Waals surface area contributed by atoms with Crippen LogP contribution in [0.1, 0.15) is 41.4 Å². The highest BCUT2D eigenvalue weighted by molar-refractivity contribution is 6.49. The van der Waals surface area contributed by atoms with E-state index in [0.717, 1.165) is 11.1 Å². The first kappa shape index (κ1) is 24.3. The average molecular weight is 479 g/mol. The van der Waals surface area contributed by atoms with Crippen LogP contribution in [-0.2, 0) is 0 Å². The number of Topliss-reactive ketones (excluding diaryl/α,β-unsaturated/α-hetero) is 4. The van der Waals surface area contributed by atoms with Gasteiger partial charge in [-0.15, -0.1) is 0 Å². The Morgan fingerprint density at radius 3 is 0.833 bits per heavy atom. The van der Waals surface area contributed by atoms with E-state index in [0.29, 0.717) is 11.5 Å². The van der Waals surface area contributed by atoms with E-state index >= 15 is 0 Å². The van der Waals surface area contributed by atoms with Gasteiger partial charge in [0.1, 0.15) is 11.5 Å². The molecule has 0 N–H and O–H groups in total. The summed E-state index contributed by atoms with van der Waals surface area (Å²) in [5.74, 6) is -1.22. The van der Waals surface area contributed by atoms with Crippen molar-refractivity contribution in [2.45, 2.75) is 0 Å². The molecule has 178 valence electrons. The summed E-state index contributed by atoms with van der Waals surface area (Å²) >= 11 is 0. The number of hydrogen-bond acceptors (Lipinski definition) is 6. The minimum atomic E-state index is -0.607. The molecular weight excluding hydrogens is 456 g/mol. The summed E-state index contributed by atoms with van der Waals surface area (Å²) in [5, 5.41) is 0. The maximum atomic E-state index is 12.6. The van der Waals surface area contributed by atoms with Gasteiger partial charge in [-0.2, -0.15) is 0 Å². The third-order valence-electron chi connectivity index (χ3n) is 5.74. The summed E-state index contributed by atoms with van der Waals surface area (Å²) in [5.41, 5.74) is 2.71. The molecule has 0 spiro atoms. The molecule has 0 amide bonds. The largest absolute Gasteiger partial charge is 0.497 e. The van der Waals surface area contributed by atoms with Crippen LogP contribution in [0.2, 0.25) is 0 Å². The molecule has 36 heavy (non-hydrogen) atoms. The van der Waals surface area contributed by atoms with Gasteiger partial charge >= 0.3 is 0 Å². The molecule has 0 unspecified atom stereocenters. The van der Waals surface area contributed by atoms with Crippen molar-refractivity contribution in [1.82, 2.24) is 0 Å². The van der Waals surface area contributed by atoms with Crippen molar-refractivity contribution in [2.24, 2.45) is 0 Å². The molecule has 0 atom stereocenters. The van der Waals surface area contributed by atoms with Crippen molar-refractivity contribution in [3.8, 4) is 22.6 Å². The van der Waals surface area contributed by atoms with Gasteiger partial charge in [0.05, 0.1) is 14.2 Å². The fourth-order valence-corrected chi connectivity index (χ4v) is 3.64. The summed E-state index contributed by atoms with van der Waals surface area (Å²) < 4.78 is 10.1. The van der Waals surface area contributed by atoms with Gasteiger partial charge in [-0.05, 0) is 59.7 Å². The van der Waals surface area contributed by atoms with Gasteiger partial charge in [0.25, 0.3) is 0 Å². The monoisotopic (exact) mass is 478 g/mol. The van der Waals surface area contributed by atoms with Gasteiger partial charge < -0.3 is 9.47 Å². The zero-order valence-corrected chi connectivity index (χ0v) is 19.7. The third-order valence-corrected chi connectivity index (χ3v) is 5.74. The lowest BCUT2D eigenvalue weighted by atomic mass is 9.96. The van der Waals surface area contributed by atoms with Crippen molar-refractivity contribution >= 4 is 23.1 Å². The van der Waals surface area contributed by atoms with Crippen LogP contribution in [-0.4, -0.2) is 37.4 Å². The molecule has 6 nitrogen and oxygen atoms in total. The smallest absolute Gasteiger partial charge is 0.233 e. The molecule has 4 rings (SSSR count). The molecule has 0 bridgehead atoms. The van der Waals surface area contributed by atoms with E-state index in [-0.39, 0.29) is 22.3 Å². The van der Waals surface area contributed by atoms with Gasteiger partial charge in [0, 0.05) is 22.3 Å². The lowest BCUT2D eigenvalue weighted by Gasteiger charge is -2.06. The Morgan fingerprint density at radius 2 is 0.611 bits per heavy atom. The van der Waals surface area contributed by atoms with E-state index < -0.39 is 23.1 Å². The molecular formula is C30H22O6. The lowest BCUT2D eigenvalue weighted by Crippen LogP contribution is -2.14. The molecule has 4 aromatic rings. The van der Waals surface area contributed by atoms with Gasteiger partial charge in [0.2, 0.25) is 23.1 Å². The molecule has 0 saturated heterocycles. The summed E-state index contributed by atoms with van der Waals surface area (Å²) in [4.78, 5) is 50.3. The predicted molar refractivity (Wildman–Crippen MR) is 135 cm³/mol. The SMILES string of the molecule is COc1ccc(C(=O)C(=O)c2ccc(-c3ccc(C(=O)C(=O)c4ccc(OC)cc4)cc3)cc2)cc1. The maximum absolute atomic E-state index is 12.6. The first-order chi connectivity index (χ1) is 17.4. The Hall–Kier alpha value is -4.84. The summed E-state index contributed by atoms with van der Waals surface area (Å²) in [6, 6.07) is 26.0. The Labute approximate surface area is 208 Å². The number of rotatable bonds is 9. The van der Waals surface area contributed by atoms with Crippen molar-refractivity contribution in [2.75, 3.05) is 14.2 Å². The fourth-order valence-electron chi connectivity index (χ4n) is 3.64. The summed E-state index contributed by atoms with van der Waals surface area (Å²) in [7, 11) is 3.05. The number of carbonyl (C=O) groups excluding carboxylic acids is 4. The summed E-state index contributed by atoms with van der Waals surface area (Å²) in [6.45, 7) is 0. The van der Waals surface area contributed by atoms with Crippen LogP contribution in [0.3, 0.4) is 0 Å². The first-order valence-electron chi connectivity index (χ1n) is 11.1. The molecule has 0 aliphatic rings. The van der Waals surface area contributed by atoms with Crippen LogP contribution in [0.15, 0.2) is 97.1 Å². The van der Waals surface area contributed by atoms with Crippen LogP contribution in [0, 0.1) is 0 Å². The Balaban J connectivity index is 1.45. The van der Waals surface area contributed by atoms with E-state index in [1.165, 1.54) is 14.2 Å². The highest BCUT2D eigenvalue weighted by Gasteiger charge is 2.20. The highest BCUT2D eigenvalue weighted by atomic mass is 16.5. The second-order valence-electron chi connectivity index (χ2n) is 7.93.